The summed E-state index contributed by atoms with van der Waals surface area (Å²) in [5, 5.41) is 3.11. The van der Waals surface area contributed by atoms with Gasteiger partial charge in [0, 0.05) is 18.8 Å². The van der Waals surface area contributed by atoms with Gasteiger partial charge in [-0.3, -0.25) is 9.10 Å². The highest BCUT2D eigenvalue weighted by Gasteiger charge is 2.27. The number of sulfonamides is 2. The first kappa shape index (κ1) is 24.7. The Balaban J connectivity index is 1.78. The fraction of sp³-hybridized carbons (Fsp3) is 0.316. The van der Waals surface area contributed by atoms with Gasteiger partial charge in [-0.05, 0) is 42.5 Å². The van der Waals surface area contributed by atoms with Gasteiger partial charge in [0.15, 0.2) is 0 Å². The third-order valence-corrected chi connectivity index (χ3v) is 8.42. The highest BCUT2D eigenvalue weighted by Crippen LogP contribution is 2.26. The monoisotopic (exact) mass is 521 g/mol. The summed E-state index contributed by atoms with van der Waals surface area (Å²) in [5.41, 5.74) is 0.502. The van der Waals surface area contributed by atoms with E-state index in [0.717, 1.165) is 10.6 Å². The molecule has 1 fully saturated rings. The molecule has 1 N–H and O–H groups in total. The lowest BCUT2D eigenvalue weighted by molar-refractivity contribution is -0.114. The Morgan fingerprint density at radius 3 is 2.22 bits per heavy atom. The molecule has 9 nitrogen and oxygen atoms in total. The van der Waals surface area contributed by atoms with Gasteiger partial charge in [-0.15, -0.1) is 0 Å². The average molecular weight is 522 g/mol. The van der Waals surface area contributed by atoms with E-state index in [1.54, 1.807) is 0 Å². The van der Waals surface area contributed by atoms with Crippen LogP contribution in [0.15, 0.2) is 47.4 Å². The van der Waals surface area contributed by atoms with Crippen LogP contribution in [0.2, 0.25) is 10.0 Å². The second-order valence-corrected chi connectivity index (χ2v) is 11.6. The van der Waals surface area contributed by atoms with E-state index >= 15 is 0 Å². The Morgan fingerprint density at radius 2 is 1.66 bits per heavy atom. The summed E-state index contributed by atoms with van der Waals surface area (Å²) < 4.78 is 57.5. The van der Waals surface area contributed by atoms with Crippen LogP contribution in [-0.2, 0) is 29.6 Å². The zero-order chi connectivity index (χ0) is 23.5. The number of nitrogens with one attached hydrogen (secondary N) is 1. The lowest BCUT2D eigenvalue weighted by Crippen LogP contribution is -2.40. The van der Waals surface area contributed by atoms with E-state index < -0.39 is 32.5 Å². The molecule has 1 aliphatic rings. The smallest absolute Gasteiger partial charge is 0.245 e. The largest absolute Gasteiger partial charge is 0.379 e. The molecule has 1 aliphatic heterocycles. The second kappa shape index (κ2) is 9.94. The molecule has 1 amide bonds. The average Bonchev–Trinajstić information content (AvgIpc) is 2.74. The SMILES string of the molecule is CS(=O)(=O)N(CC(=O)Nc1ccc(Cl)c(Cl)c1)c1ccc(S(=O)(=O)N2CCOCC2)cc1. The number of carbonyl (C=O) groups is 1. The maximum atomic E-state index is 12.8. The Bertz CT molecular complexity index is 1200. The van der Waals surface area contributed by atoms with E-state index in [-0.39, 0.29) is 28.7 Å². The molecule has 0 atom stereocenters. The van der Waals surface area contributed by atoms with Crippen LogP contribution in [0, 0.1) is 0 Å². The molecule has 3 rings (SSSR count). The predicted molar refractivity (Wildman–Crippen MR) is 123 cm³/mol. The Morgan fingerprint density at radius 1 is 1.03 bits per heavy atom. The molecule has 0 aromatic heterocycles. The number of halogens is 2. The van der Waals surface area contributed by atoms with Crippen LogP contribution in [0.4, 0.5) is 11.4 Å². The van der Waals surface area contributed by atoms with Crippen molar-refractivity contribution in [3.05, 3.63) is 52.5 Å². The molecule has 0 unspecified atom stereocenters. The van der Waals surface area contributed by atoms with Crippen LogP contribution in [0.5, 0.6) is 0 Å². The van der Waals surface area contributed by atoms with E-state index in [1.165, 1.54) is 46.8 Å². The van der Waals surface area contributed by atoms with Gasteiger partial charge >= 0.3 is 0 Å². The molecule has 13 heteroatoms. The Labute approximate surface area is 197 Å². The summed E-state index contributed by atoms with van der Waals surface area (Å²) in [5.74, 6) is -0.612. The number of hydrogen-bond acceptors (Lipinski definition) is 6. The minimum Gasteiger partial charge on any atom is -0.379 e. The van der Waals surface area contributed by atoms with Crippen molar-refractivity contribution in [1.29, 1.82) is 0 Å². The number of amides is 1. The summed E-state index contributed by atoms with van der Waals surface area (Å²) in [6, 6.07) is 9.80. The first-order valence-electron chi connectivity index (χ1n) is 9.39. The molecule has 1 saturated heterocycles. The van der Waals surface area contributed by atoms with Crippen molar-refractivity contribution in [2.24, 2.45) is 0 Å². The van der Waals surface area contributed by atoms with Crippen LogP contribution >= 0.6 is 23.2 Å². The highest BCUT2D eigenvalue weighted by molar-refractivity contribution is 7.92. The predicted octanol–water partition coefficient (Wildman–Crippen LogP) is 2.42. The van der Waals surface area contributed by atoms with E-state index in [2.05, 4.69) is 5.32 Å². The Kier molecular flexibility index (Phi) is 7.69. The zero-order valence-electron chi connectivity index (χ0n) is 17.0. The maximum Gasteiger partial charge on any atom is 0.245 e. The van der Waals surface area contributed by atoms with Gasteiger partial charge in [-0.2, -0.15) is 4.31 Å². The van der Waals surface area contributed by atoms with Crippen molar-refractivity contribution in [2.75, 3.05) is 48.7 Å². The number of hydrogen-bond donors (Lipinski definition) is 1. The van der Waals surface area contributed by atoms with Crippen molar-refractivity contribution >= 4 is 60.5 Å². The second-order valence-electron chi connectivity index (χ2n) is 6.96. The summed E-state index contributed by atoms with van der Waals surface area (Å²) in [6.45, 7) is 0.595. The maximum absolute atomic E-state index is 12.8. The van der Waals surface area contributed by atoms with Gasteiger partial charge in [-0.1, -0.05) is 23.2 Å². The van der Waals surface area contributed by atoms with E-state index in [9.17, 15) is 21.6 Å². The number of nitrogens with zero attached hydrogens (tertiary/aromatic N) is 2. The number of anilines is 2. The molecule has 0 bridgehead atoms. The standard InChI is InChI=1S/C19H21Cl2N3O6S2/c1-31(26,27)24(13-19(25)22-14-2-7-17(20)18(21)12-14)15-3-5-16(6-4-15)32(28,29)23-8-10-30-11-9-23/h2-7,12H,8-11,13H2,1H3,(H,22,25). The minimum absolute atomic E-state index is 0.0249. The molecule has 0 spiro atoms. The molecular formula is C19H21Cl2N3O6S2. The van der Waals surface area contributed by atoms with Crippen molar-refractivity contribution in [3.8, 4) is 0 Å². The molecule has 0 saturated carbocycles. The lowest BCUT2D eigenvalue weighted by Gasteiger charge is -2.26. The van der Waals surface area contributed by atoms with Gasteiger partial charge < -0.3 is 10.1 Å². The molecular weight excluding hydrogens is 501 g/mol. The molecule has 2 aromatic carbocycles. The van der Waals surface area contributed by atoms with Gasteiger partial charge in [0.2, 0.25) is 26.0 Å². The summed E-state index contributed by atoms with van der Waals surface area (Å²) in [7, 11) is -7.57. The molecule has 174 valence electrons. The topological polar surface area (TPSA) is 113 Å². The summed E-state index contributed by atoms with van der Waals surface area (Å²) in [4.78, 5) is 12.5. The normalized spacial score (nSPS) is 15.3. The molecule has 32 heavy (non-hydrogen) atoms. The van der Waals surface area contributed by atoms with Crippen LogP contribution in [0.1, 0.15) is 0 Å². The van der Waals surface area contributed by atoms with Crippen LogP contribution in [0.3, 0.4) is 0 Å². The van der Waals surface area contributed by atoms with Gasteiger partial charge in [0.05, 0.1) is 40.1 Å². The van der Waals surface area contributed by atoms with E-state index in [4.69, 9.17) is 27.9 Å². The number of benzene rings is 2. The third-order valence-electron chi connectivity index (χ3n) is 4.62. The first-order valence-corrected chi connectivity index (χ1v) is 13.4. The third kappa shape index (κ3) is 5.91. The van der Waals surface area contributed by atoms with Crippen molar-refractivity contribution in [3.63, 3.8) is 0 Å². The minimum atomic E-state index is -3.84. The van der Waals surface area contributed by atoms with E-state index in [0.29, 0.717) is 23.9 Å². The Hall–Kier alpha value is -1.89. The van der Waals surface area contributed by atoms with Crippen molar-refractivity contribution in [1.82, 2.24) is 4.31 Å². The van der Waals surface area contributed by atoms with Gasteiger partial charge in [-0.25, -0.2) is 16.8 Å². The fourth-order valence-electron chi connectivity index (χ4n) is 3.03. The van der Waals surface area contributed by atoms with Crippen LogP contribution < -0.4 is 9.62 Å². The molecule has 0 radical (unpaired) electrons. The van der Waals surface area contributed by atoms with Gasteiger partial charge in [0.1, 0.15) is 6.54 Å². The zero-order valence-corrected chi connectivity index (χ0v) is 20.1. The number of morpholine rings is 1. The fourth-order valence-corrected chi connectivity index (χ4v) is 5.59. The lowest BCUT2D eigenvalue weighted by atomic mass is 10.3. The number of ether oxygens (including phenoxy) is 1. The van der Waals surface area contributed by atoms with Crippen molar-refractivity contribution < 1.29 is 26.4 Å². The van der Waals surface area contributed by atoms with Crippen LogP contribution in [0.25, 0.3) is 0 Å². The first-order chi connectivity index (χ1) is 15.0. The molecule has 2 aromatic rings. The summed E-state index contributed by atoms with van der Waals surface area (Å²) in [6.07, 6.45) is 0.956. The van der Waals surface area contributed by atoms with Crippen LogP contribution in [-0.4, -0.2) is 66.2 Å². The highest BCUT2D eigenvalue weighted by atomic mass is 35.5. The van der Waals surface area contributed by atoms with E-state index in [1.807, 2.05) is 0 Å². The quantitative estimate of drug-likeness (QED) is 0.598. The number of rotatable bonds is 7. The van der Waals surface area contributed by atoms with Gasteiger partial charge in [0.25, 0.3) is 0 Å². The number of carbonyl (C=O) groups excluding carboxylic acids is 1. The molecule has 1 heterocycles. The molecule has 0 aliphatic carbocycles. The summed E-state index contributed by atoms with van der Waals surface area (Å²) >= 11 is 11.8. The van der Waals surface area contributed by atoms with Crippen molar-refractivity contribution in [2.45, 2.75) is 4.90 Å².